The Labute approximate surface area is 247 Å². The van der Waals surface area contributed by atoms with Crippen molar-refractivity contribution in [2.24, 2.45) is 0 Å². The Morgan fingerprint density at radius 3 is 2.30 bits per heavy atom. The molecule has 222 valence electrons. The topological polar surface area (TPSA) is 91.7 Å². The molecule has 0 fully saturated rings. The highest BCUT2D eigenvalue weighted by Gasteiger charge is 2.26. The van der Waals surface area contributed by atoms with Crippen molar-refractivity contribution < 1.29 is 32.6 Å². The number of fused-ring (bicyclic) bond motifs is 2. The quantitative estimate of drug-likeness (QED) is 0.205. The molecule has 1 unspecified atom stereocenters. The number of hydrogen-bond acceptors (Lipinski definition) is 6. The van der Waals surface area contributed by atoms with E-state index in [1.54, 1.807) is 18.2 Å². The number of halogens is 2. The molecule has 0 aliphatic heterocycles. The Balaban J connectivity index is 1.58. The van der Waals surface area contributed by atoms with Crippen LogP contribution in [0.2, 0.25) is 0 Å². The van der Waals surface area contributed by atoms with Crippen molar-refractivity contribution >= 4 is 33.7 Å². The first-order chi connectivity index (χ1) is 20.6. The number of nitrogens with zero attached hydrogens (tertiary/aromatic N) is 2. The zero-order chi connectivity index (χ0) is 30.8. The van der Waals surface area contributed by atoms with Crippen molar-refractivity contribution in [3.8, 4) is 22.8 Å². The summed E-state index contributed by atoms with van der Waals surface area (Å²) in [5.74, 6) is -3.09. The molecular formula is C33H31F2N3O5. The molecule has 3 aromatic carbocycles. The number of rotatable bonds is 9. The molecule has 0 bridgehead atoms. The van der Waals surface area contributed by atoms with Crippen LogP contribution in [0.4, 0.5) is 8.78 Å². The van der Waals surface area contributed by atoms with Crippen LogP contribution in [0, 0.1) is 11.6 Å². The fraction of sp³-hybridized carbons (Fsp3) is 0.242. The number of aromatic nitrogens is 2. The summed E-state index contributed by atoms with van der Waals surface area (Å²) < 4.78 is 46.5. The maximum Gasteiger partial charge on any atom is 0.328 e. The predicted molar refractivity (Wildman–Crippen MR) is 159 cm³/mol. The van der Waals surface area contributed by atoms with Crippen molar-refractivity contribution in [3.05, 3.63) is 89.6 Å². The molecule has 2 aromatic heterocycles. The highest BCUT2D eigenvalue weighted by molar-refractivity contribution is 6.08. The molecule has 43 heavy (non-hydrogen) atoms. The van der Waals surface area contributed by atoms with Crippen LogP contribution in [-0.2, 0) is 16.0 Å². The minimum Gasteiger partial charge on any atom is -0.497 e. The standard InChI is InChI=1S/C33H31F2N3O5/c1-18(2)38-17-20(22-8-6-7-9-30(22)38)14-29(33(40)43-5)37-32(39)24-16-28(19-12-25(34)31(42-4)26(35)13-19)36-27-11-10-21(41-3)15-23(24)27/h6-13,15-18,29H,14H2,1-5H3,(H,37,39). The van der Waals surface area contributed by atoms with E-state index in [0.717, 1.165) is 28.6 Å². The largest absolute Gasteiger partial charge is 0.497 e. The van der Waals surface area contributed by atoms with E-state index in [1.165, 1.54) is 27.4 Å². The molecule has 2 heterocycles. The van der Waals surface area contributed by atoms with Gasteiger partial charge in [-0.25, -0.2) is 18.6 Å². The van der Waals surface area contributed by atoms with Crippen LogP contribution in [-0.4, -0.2) is 48.8 Å². The molecule has 0 radical (unpaired) electrons. The lowest BCUT2D eigenvalue weighted by Gasteiger charge is -2.18. The van der Waals surface area contributed by atoms with Gasteiger partial charge in [0.15, 0.2) is 17.4 Å². The summed E-state index contributed by atoms with van der Waals surface area (Å²) in [7, 11) is 3.92. The third kappa shape index (κ3) is 5.73. The molecule has 1 amide bonds. The molecule has 5 aromatic rings. The first kappa shape index (κ1) is 29.5. The average molecular weight is 588 g/mol. The van der Waals surface area contributed by atoms with Crippen molar-refractivity contribution in [1.82, 2.24) is 14.9 Å². The van der Waals surface area contributed by atoms with Gasteiger partial charge in [0.05, 0.1) is 38.1 Å². The number of amides is 1. The zero-order valence-electron chi connectivity index (χ0n) is 24.4. The fourth-order valence-electron chi connectivity index (χ4n) is 5.23. The summed E-state index contributed by atoms with van der Waals surface area (Å²) in [4.78, 5) is 31.4. The summed E-state index contributed by atoms with van der Waals surface area (Å²) in [5.41, 5.74) is 2.65. The second-order valence-electron chi connectivity index (χ2n) is 10.3. The number of para-hydroxylation sites is 1. The molecule has 0 aliphatic carbocycles. The predicted octanol–water partition coefficient (Wildman–Crippen LogP) is 6.25. The lowest BCUT2D eigenvalue weighted by atomic mass is 10.0. The molecule has 0 saturated heterocycles. The average Bonchev–Trinajstić information content (AvgIpc) is 3.37. The van der Waals surface area contributed by atoms with E-state index < -0.39 is 35.3 Å². The van der Waals surface area contributed by atoms with Gasteiger partial charge in [0.25, 0.3) is 5.91 Å². The Morgan fingerprint density at radius 1 is 0.930 bits per heavy atom. The minimum absolute atomic E-state index is 0.105. The molecule has 0 aliphatic rings. The molecule has 8 nitrogen and oxygen atoms in total. The number of ether oxygens (including phenoxy) is 3. The smallest absolute Gasteiger partial charge is 0.328 e. The Kier molecular flexibility index (Phi) is 8.29. The van der Waals surface area contributed by atoms with Crippen LogP contribution in [0.3, 0.4) is 0 Å². The number of pyridine rings is 1. The summed E-state index contributed by atoms with van der Waals surface area (Å²) in [5, 5.41) is 4.21. The van der Waals surface area contributed by atoms with Crippen LogP contribution < -0.4 is 14.8 Å². The molecule has 1 N–H and O–H groups in total. The van der Waals surface area contributed by atoms with Gasteiger partial charge in [-0.3, -0.25) is 4.79 Å². The van der Waals surface area contributed by atoms with E-state index in [9.17, 15) is 18.4 Å². The van der Waals surface area contributed by atoms with Crippen LogP contribution >= 0.6 is 0 Å². The van der Waals surface area contributed by atoms with Crippen LogP contribution in [0.15, 0.2) is 66.9 Å². The Bertz CT molecular complexity index is 1830. The third-order valence-corrected chi connectivity index (χ3v) is 7.35. The lowest BCUT2D eigenvalue weighted by Crippen LogP contribution is -2.43. The maximum atomic E-state index is 14.6. The van der Waals surface area contributed by atoms with Gasteiger partial charge in [-0.05, 0) is 61.9 Å². The molecular weight excluding hydrogens is 556 g/mol. The Morgan fingerprint density at radius 2 is 1.65 bits per heavy atom. The van der Waals surface area contributed by atoms with Crippen molar-refractivity contribution in [2.45, 2.75) is 32.4 Å². The lowest BCUT2D eigenvalue weighted by molar-refractivity contribution is -0.142. The minimum atomic E-state index is -1.03. The maximum absolute atomic E-state index is 14.6. The van der Waals surface area contributed by atoms with Gasteiger partial charge in [0.2, 0.25) is 0 Å². The number of carbonyl (C=O) groups excluding carboxylic acids is 2. The second kappa shape index (κ2) is 12.1. The van der Waals surface area contributed by atoms with Gasteiger partial charge in [-0.15, -0.1) is 0 Å². The van der Waals surface area contributed by atoms with E-state index in [4.69, 9.17) is 14.2 Å². The van der Waals surface area contributed by atoms with E-state index in [2.05, 4.69) is 28.7 Å². The summed E-state index contributed by atoms with van der Waals surface area (Å²) in [6, 6.07) is 15.5. The number of carbonyl (C=O) groups is 2. The van der Waals surface area contributed by atoms with Gasteiger partial charge in [-0.1, -0.05) is 18.2 Å². The van der Waals surface area contributed by atoms with Crippen LogP contribution in [0.25, 0.3) is 33.1 Å². The first-order valence-corrected chi connectivity index (χ1v) is 13.6. The molecule has 10 heteroatoms. The summed E-state index contributed by atoms with van der Waals surface area (Å²) in [6.07, 6.45) is 2.15. The van der Waals surface area contributed by atoms with Crippen molar-refractivity contribution in [3.63, 3.8) is 0 Å². The summed E-state index contributed by atoms with van der Waals surface area (Å²) >= 11 is 0. The Hall–Kier alpha value is -4.99. The van der Waals surface area contributed by atoms with Crippen molar-refractivity contribution in [2.75, 3.05) is 21.3 Å². The van der Waals surface area contributed by atoms with Crippen LogP contribution in [0.1, 0.15) is 35.8 Å². The van der Waals surface area contributed by atoms with Gasteiger partial charge >= 0.3 is 5.97 Å². The van der Waals surface area contributed by atoms with Crippen molar-refractivity contribution in [1.29, 1.82) is 0 Å². The van der Waals surface area contributed by atoms with E-state index in [1.807, 2.05) is 30.5 Å². The highest BCUT2D eigenvalue weighted by atomic mass is 19.1. The van der Waals surface area contributed by atoms with E-state index in [-0.39, 0.29) is 29.3 Å². The number of methoxy groups -OCH3 is 3. The number of esters is 1. The van der Waals surface area contributed by atoms with Gasteiger partial charge in [-0.2, -0.15) is 0 Å². The van der Waals surface area contributed by atoms with Gasteiger partial charge in [0, 0.05) is 40.5 Å². The summed E-state index contributed by atoms with van der Waals surface area (Å²) in [6.45, 7) is 4.13. The van der Waals surface area contributed by atoms with E-state index in [0.29, 0.717) is 16.7 Å². The molecule has 1 atom stereocenters. The number of benzene rings is 3. The zero-order valence-corrected chi connectivity index (χ0v) is 24.4. The van der Waals surface area contributed by atoms with Gasteiger partial charge in [0.1, 0.15) is 11.8 Å². The second-order valence-corrected chi connectivity index (χ2v) is 10.3. The van der Waals surface area contributed by atoms with Crippen LogP contribution in [0.5, 0.6) is 11.5 Å². The number of nitrogens with one attached hydrogen (secondary N) is 1. The first-order valence-electron chi connectivity index (χ1n) is 13.6. The normalized spacial score (nSPS) is 12.0. The number of hydrogen-bond donors (Lipinski definition) is 1. The fourth-order valence-corrected chi connectivity index (χ4v) is 5.23. The molecule has 5 rings (SSSR count). The van der Waals surface area contributed by atoms with E-state index >= 15 is 0 Å². The molecule has 0 saturated carbocycles. The monoisotopic (exact) mass is 587 g/mol. The van der Waals surface area contributed by atoms with Gasteiger partial charge < -0.3 is 24.1 Å². The molecule has 0 spiro atoms. The highest BCUT2D eigenvalue weighted by Crippen LogP contribution is 2.32. The SMILES string of the molecule is COC(=O)C(Cc1cn(C(C)C)c2ccccc12)NC(=O)c1cc(-c2cc(F)c(OC)c(F)c2)nc2ccc(OC)cc12. The third-order valence-electron chi connectivity index (χ3n) is 7.35.